The molecule has 4 aromatic rings. The number of non-ortho nitro benzene ring substituents is 1. The Labute approximate surface area is 169 Å². The third-order valence-electron chi connectivity index (χ3n) is 4.53. The van der Waals surface area contributed by atoms with E-state index in [1.807, 2.05) is 0 Å². The van der Waals surface area contributed by atoms with Crippen LogP contribution >= 0.6 is 0 Å². The first kappa shape index (κ1) is 19.6. The van der Waals surface area contributed by atoms with E-state index in [9.17, 15) is 18.9 Å². The number of hydrogen-bond donors (Lipinski definition) is 0. The number of halogens is 2. The lowest BCUT2D eigenvalue weighted by Crippen LogP contribution is -2.24. The van der Waals surface area contributed by atoms with Gasteiger partial charge in [-0.15, -0.1) is 5.10 Å². The summed E-state index contributed by atoms with van der Waals surface area (Å²) in [5.74, 6) is 0.669. The summed E-state index contributed by atoms with van der Waals surface area (Å²) >= 11 is 0. The molecule has 0 saturated carbocycles. The second kappa shape index (κ2) is 7.95. The molecule has 0 spiro atoms. The van der Waals surface area contributed by atoms with Crippen LogP contribution in [0, 0.1) is 10.1 Å². The van der Waals surface area contributed by atoms with Crippen molar-refractivity contribution in [3.8, 4) is 11.4 Å². The van der Waals surface area contributed by atoms with Crippen LogP contribution in [0.1, 0.15) is 12.4 Å². The van der Waals surface area contributed by atoms with Gasteiger partial charge in [-0.2, -0.15) is 8.78 Å². The maximum atomic E-state index is 13.6. The monoisotopic (exact) mass is 413 g/mol. The third-order valence-corrected chi connectivity index (χ3v) is 4.53. The minimum atomic E-state index is -2.69. The molecule has 2 aromatic heterocycles. The van der Waals surface area contributed by atoms with Crippen LogP contribution in [-0.2, 0) is 13.2 Å². The molecule has 0 radical (unpaired) electrons. The minimum Gasteiger partial charge on any atom is -0.280 e. The van der Waals surface area contributed by atoms with Crippen LogP contribution in [0.3, 0.4) is 0 Å². The molecule has 0 bridgehead atoms. The van der Waals surface area contributed by atoms with Crippen LogP contribution in [0.5, 0.6) is 0 Å². The van der Waals surface area contributed by atoms with Gasteiger partial charge in [0, 0.05) is 17.7 Å². The van der Waals surface area contributed by atoms with E-state index >= 15 is 0 Å². The summed E-state index contributed by atoms with van der Waals surface area (Å²) in [6.07, 6.45) is 1.52. The fraction of sp³-hybridized carbons (Fsp3) is 0.211. The molecule has 9 nitrogen and oxygen atoms in total. The quantitative estimate of drug-likeness (QED) is 0.339. The SMILES string of the molecule is CN(Cc1nc2ccccc2n1C(F)F)Cn1cnc(-c2ccc([N+](=O)[O-])cc2)n1. The van der Waals surface area contributed by atoms with Crippen molar-refractivity contribution < 1.29 is 13.7 Å². The summed E-state index contributed by atoms with van der Waals surface area (Å²) in [6.45, 7) is -2.21. The van der Waals surface area contributed by atoms with Crippen LogP contribution in [0.4, 0.5) is 14.5 Å². The number of imidazole rings is 1. The van der Waals surface area contributed by atoms with Gasteiger partial charge in [-0.3, -0.25) is 19.6 Å². The molecule has 0 aliphatic rings. The largest absolute Gasteiger partial charge is 0.320 e. The van der Waals surface area contributed by atoms with Crippen molar-refractivity contribution in [2.24, 2.45) is 0 Å². The Morgan fingerprint density at radius 3 is 2.60 bits per heavy atom. The highest BCUT2D eigenvalue weighted by molar-refractivity contribution is 5.75. The Hall–Kier alpha value is -3.73. The van der Waals surface area contributed by atoms with E-state index in [0.717, 1.165) is 4.57 Å². The average Bonchev–Trinajstić information content (AvgIpc) is 3.32. The highest BCUT2D eigenvalue weighted by Gasteiger charge is 2.19. The van der Waals surface area contributed by atoms with Crippen molar-refractivity contribution in [2.75, 3.05) is 7.05 Å². The Balaban J connectivity index is 1.49. The van der Waals surface area contributed by atoms with Gasteiger partial charge in [0.2, 0.25) is 0 Å². The first-order valence-corrected chi connectivity index (χ1v) is 8.99. The smallest absolute Gasteiger partial charge is 0.280 e. The van der Waals surface area contributed by atoms with E-state index in [-0.39, 0.29) is 18.1 Å². The molecule has 0 amide bonds. The van der Waals surface area contributed by atoms with Crippen LogP contribution < -0.4 is 0 Å². The van der Waals surface area contributed by atoms with Crippen molar-refractivity contribution in [1.29, 1.82) is 0 Å². The molecule has 0 atom stereocenters. The van der Waals surface area contributed by atoms with E-state index in [1.54, 1.807) is 53.0 Å². The molecule has 2 heterocycles. The highest BCUT2D eigenvalue weighted by Crippen LogP contribution is 2.24. The molecule has 154 valence electrons. The molecule has 0 unspecified atom stereocenters. The highest BCUT2D eigenvalue weighted by atomic mass is 19.3. The fourth-order valence-electron chi connectivity index (χ4n) is 3.19. The summed E-state index contributed by atoms with van der Waals surface area (Å²) in [7, 11) is 1.77. The van der Waals surface area contributed by atoms with Crippen molar-refractivity contribution in [3.05, 3.63) is 70.8 Å². The van der Waals surface area contributed by atoms with Gasteiger partial charge in [0.1, 0.15) is 12.2 Å². The minimum absolute atomic E-state index is 0.0140. The van der Waals surface area contributed by atoms with Gasteiger partial charge in [0.25, 0.3) is 5.69 Å². The number of nitro groups is 1. The average molecular weight is 413 g/mol. The van der Waals surface area contributed by atoms with E-state index in [4.69, 9.17) is 0 Å². The third kappa shape index (κ3) is 3.87. The molecular weight excluding hydrogens is 396 g/mol. The molecule has 4 rings (SSSR count). The maximum absolute atomic E-state index is 13.6. The Bertz CT molecular complexity index is 1190. The van der Waals surface area contributed by atoms with Gasteiger partial charge < -0.3 is 0 Å². The lowest BCUT2D eigenvalue weighted by Gasteiger charge is -2.17. The number of rotatable bonds is 7. The van der Waals surface area contributed by atoms with E-state index in [0.29, 0.717) is 29.1 Å². The van der Waals surface area contributed by atoms with Gasteiger partial charge in [0.15, 0.2) is 5.82 Å². The zero-order chi connectivity index (χ0) is 21.3. The van der Waals surface area contributed by atoms with E-state index in [1.165, 1.54) is 18.5 Å². The first-order chi connectivity index (χ1) is 14.4. The molecule has 30 heavy (non-hydrogen) atoms. The Morgan fingerprint density at radius 2 is 1.90 bits per heavy atom. The zero-order valence-corrected chi connectivity index (χ0v) is 15.9. The number of benzene rings is 2. The van der Waals surface area contributed by atoms with Crippen LogP contribution in [0.25, 0.3) is 22.4 Å². The standard InChI is InChI=1S/C19H17F2N7O2/c1-25(10-17-23-15-4-2-3-5-16(15)27(17)19(20)21)12-26-11-22-18(24-26)13-6-8-14(9-7-13)28(29)30/h2-9,11,19H,10,12H2,1H3. The van der Waals surface area contributed by atoms with Gasteiger partial charge >= 0.3 is 6.55 Å². The molecule has 2 aromatic carbocycles. The normalized spacial score (nSPS) is 11.6. The lowest BCUT2D eigenvalue weighted by atomic mass is 10.2. The van der Waals surface area contributed by atoms with Crippen molar-refractivity contribution in [2.45, 2.75) is 19.8 Å². The number of aromatic nitrogens is 5. The second-order valence-corrected chi connectivity index (χ2v) is 6.73. The molecule has 0 N–H and O–H groups in total. The van der Waals surface area contributed by atoms with Gasteiger partial charge in [0.05, 0.1) is 29.2 Å². The lowest BCUT2D eigenvalue weighted by molar-refractivity contribution is -0.384. The van der Waals surface area contributed by atoms with E-state index in [2.05, 4.69) is 15.1 Å². The van der Waals surface area contributed by atoms with Crippen molar-refractivity contribution in [1.82, 2.24) is 29.2 Å². The van der Waals surface area contributed by atoms with Gasteiger partial charge in [-0.1, -0.05) is 12.1 Å². The molecule has 11 heteroatoms. The number of fused-ring (bicyclic) bond motifs is 1. The summed E-state index contributed by atoms with van der Waals surface area (Å²) in [5, 5.41) is 15.1. The summed E-state index contributed by atoms with van der Waals surface area (Å²) in [5.41, 5.74) is 1.53. The number of nitro benzene ring substituents is 1. The Kier molecular flexibility index (Phi) is 5.19. The molecule has 0 fully saturated rings. The zero-order valence-electron chi connectivity index (χ0n) is 15.9. The summed E-state index contributed by atoms with van der Waals surface area (Å²) < 4.78 is 29.6. The number of hydrogen-bond acceptors (Lipinski definition) is 6. The van der Waals surface area contributed by atoms with Gasteiger partial charge in [-0.05, 0) is 31.3 Å². The number of alkyl halides is 2. The fourth-order valence-corrected chi connectivity index (χ4v) is 3.19. The number of nitrogens with zero attached hydrogens (tertiary/aromatic N) is 7. The van der Waals surface area contributed by atoms with Crippen LogP contribution in [0.2, 0.25) is 0 Å². The second-order valence-electron chi connectivity index (χ2n) is 6.73. The molecule has 0 aliphatic carbocycles. The number of para-hydroxylation sites is 2. The molecule has 0 saturated heterocycles. The van der Waals surface area contributed by atoms with Crippen molar-refractivity contribution in [3.63, 3.8) is 0 Å². The first-order valence-electron chi connectivity index (χ1n) is 8.99. The van der Waals surface area contributed by atoms with Crippen LogP contribution in [-0.4, -0.2) is 41.2 Å². The maximum Gasteiger partial charge on any atom is 0.320 e. The predicted molar refractivity (Wildman–Crippen MR) is 105 cm³/mol. The molecule has 0 aliphatic heterocycles. The predicted octanol–water partition coefficient (Wildman–Crippen LogP) is 3.69. The van der Waals surface area contributed by atoms with Crippen molar-refractivity contribution >= 4 is 16.7 Å². The molecular formula is C19H17F2N7O2. The summed E-state index contributed by atoms with van der Waals surface area (Å²) in [4.78, 5) is 20.6. The van der Waals surface area contributed by atoms with Crippen LogP contribution in [0.15, 0.2) is 54.9 Å². The van der Waals surface area contributed by atoms with Gasteiger partial charge in [-0.25, -0.2) is 14.6 Å². The topological polar surface area (TPSA) is 94.9 Å². The summed E-state index contributed by atoms with van der Waals surface area (Å²) in [6, 6.07) is 12.7. The van der Waals surface area contributed by atoms with E-state index < -0.39 is 11.5 Å². The Morgan fingerprint density at radius 1 is 1.17 bits per heavy atom.